The first kappa shape index (κ1) is 13.5. The van der Waals surface area contributed by atoms with Gasteiger partial charge in [-0.3, -0.25) is 4.79 Å². The molecule has 0 heterocycles. The molecule has 0 unspecified atom stereocenters. The number of hydrogen-bond donors (Lipinski definition) is 2. The van der Waals surface area contributed by atoms with Crippen molar-refractivity contribution in [1.29, 1.82) is 0 Å². The highest BCUT2D eigenvalue weighted by atomic mass is 35.5. The summed E-state index contributed by atoms with van der Waals surface area (Å²) in [5, 5.41) is 4.17. The second kappa shape index (κ2) is 6.22. The smallest absolute Gasteiger partial charge is 0.332 e. The van der Waals surface area contributed by atoms with Gasteiger partial charge in [0.1, 0.15) is 0 Å². The SMILES string of the molecule is NC(=O)N/N=C/CC(=O)c1ccc(Cl)cc1Cl. The van der Waals surface area contributed by atoms with E-state index in [1.165, 1.54) is 18.3 Å². The molecule has 0 bridgehead atoms. The number of nitrogens with two attached hydrogens (primary N) is 1. The third-order valence-electron chi connectivity index (χ3n) is 1.77. The minimum atomic E-state index is -0.793. The maximum absolute atomic E-state index is 11.7. The molecule has 3 N–H and O–H groups in total. The normalized spacial score (nSPS) is 10.5. The number of carbonyl (C=O) groups excluding carboxylic acids is 2. The van der Waals surface area contributed by atoms with Gasteiger partial charge in [-0.15, -0.1) is 0 Å². The predicted molar refractivity (Wildman–Crippen MR) is 66.6 cm³/mol. The molecule has 5 nitrogen and oxygen atoms in total. The number of halogens is 2. The van der Waals surface area contributed by atoms with E-state index in [0.717, 1.165) is 0 Å². The molecule has 90 valence electrons. The molecule has 0 aliphatic heterocycles. The monoisotopic (exact) mass is 273 g/mol. The molecular weight excluding hydrogens is 265 g/mol. The lowest BCUT2D eigenvalue weighted by molar-refractivity contribution is 0.100. The maximum Gasteiger partial charge on any atom is 0.332 e. The fourth-order valence-electron chi connectivity index (χ4n) is 1.06. The zero-order valence-corrected chi connectivity index (χ0v) is 10.1. The van der Waals surface area contributed by atoms with Crippen LogP contribution in [-0.2, 0) is 0 Å². The van der Waals surface area contributed by atoms with E-state index in [2.05, 4.69) is 5.10 Å². The molecule has 1 aromatic rings. The highest BCUT2D eigenvalue weighted by Gasteiger charge is 2.09. The topological polar surface area (TPSA) is 84.6 Å². The number of amides is 2. The van der Waals surface area contributed by atoms with Crippen LogP contribution in [0.2, 0.25) is 10.0 Å². The van der Waals surface area contributed by atoms with Gasteiger partial charge in [-0.1, -0.05) is 23.2 Å². The number of hydrazone groups is 1. The lowest BCUT2D eigenvalue weighted by Gasteiger charge is -2.01. The number of urea groups is 1. The number of nitrogens with zero attached hydrogens (tertiary/aromatic N) is 1. The molecule has 0 aliphatic carbocycles. The zero-order valence-electron chi connectivity index (χ0n) is 8.61. The Kier molecular flexibility index (Phi) is 4.93. The lowest BCUT2D eigenvalue weighted by Crippen LogP contribution is -2.24. The van der Waals surface area contributed by atoms with E-state index in [1.807, 2.05) is 5.43 Å². The number of Topliss-reactive ketones (excluding diaryl/α,β-unsaturated/α-hetero) is 1. The molecule has 0 spiro atoms. The van der Waals surface area contributed by atoms with Crippen molar-refractivity contribution >= 4 is 41.2 Å². The average Bonchev–Trinajstić information content (AvgIpc) is 2.23. The second-order valence-electron chi connectivity index (χ2n) is 3.04. The van der Waals surface area contributed by atoms with E-state index in [-0.39, 0.29) is 17.2 Å². The van der Waals surface area contributed by atoms with Crippen LogP contribution in [0.3, 0.4) is 0 Å². The number of nitrogens with one attached hydrogen (secondary N) is 1. The van der Waals surface area contributed by atoms with E-state index < -0.39 is 6.03 Å². The fourth-order valence-corrected chi connectivity index (χ4v) is 1.58. The summed E-state index contributed by atoms with van der Waals surface area (Å²) in [4.78, 5) is 21.9. The lowest BCUT2D eigenvalue weighted by atomic mass is 10.1. The van der Waals surface area contributed by atoms with E-state index in [9.17, 15) is 9.59 Å². The first-order valence-corrected chi connectivity index (χ1v) is 5.31. The van der Waals surface area contributed by atoms with Crippen LogP contribution in [0.5, 0.6) is 0 Å². The summed E-state index contributed by atoms with van der Waals surface area (Å²) in [5.41, 5.74) is 7.10. The maximum atomic E-state index is 11.7. The Morgan fingerprint density at radius 1 is 1.41 bits per heavy atom. The highest BCUT2D eigenvalue weighted by Crippen LogP contribution is 2.21. The Morgan fingerprint density at radius 2 is 2.12 bits per heavy atom. The molecule has 2 amide bonds. The van der Waals surface area contributed by atoms with Gasteiger partial charge in [-0.05, 0) is 18.2 Å². The van der Waals surface area contributed by atoms with Gasteiger partial charge in [0.2, 0.25) is 0 Å². The van der Waals surface area contributed by atoms with Crippen LogP contribution in [0.1, 0.15) is 16.8 Å². The van der Waals surface area contributed by atoms with Crippen molar-refractivity contribution in [3.8, 4) is 0 Å². The van der Waals surface area contributed by atoms with Crippen LogP contribution >= 0.6 is 23.2 Å². The number of benzene rings is 1. The Balaban J connectivity index is 2.64. The fraction of sp³-hybridized carbons (Fsp3) is 0.100. The van der Waals surface area contributed by atoms with E-state index in [4.69, 9.17) is 28.9 Å². The summed E-state index contributed by atoms with van der Waals surface area (Å²) < 4.78 is 0. The van der Waals surface area contributed by atoms with Crippen molar-refractivity contribution in [3.63, 3.8) is 0 Å². The first-order valence-electron chi connectivity index (χ1n) is 4.56. The molecule has 0 radical (unpaired) electrons. The molecule has 0 saturated heterocycles. The molecule has 0 fully saturated rings. The summed E-state index contributed by atoms with van der Waals surface area (Å²) >= 11 is 11.5. The Morgan fingerprint density at radius 3 is 2.71 bits per heavy atom. The number of carbonyl (C=O) groups is 2. The molecule has 0 aromatic heterocycles. The van der Waals surface area contributed by atoms with Gasteiger partial charge in [-0.2, -0.15) is 5.10 Å². The third kappa shape index (κ3) is 4.42. The van der Waals surface area contributed by atoms with Gasteiger partial charge in [0.15, 0.2) is 5.78 Å². The standard InChI is InChI=1S/C10H9Cl2N3O2/c11-6-1-2-7(8(12)5-6)9(16)3-4-14-15-10(13)17/h1-2,4-5H,3H2,(H3,13,15,17)/b14-4+. The molecule has 0 saturated carbocycles. The van der Waals surface area contributed by atoms with Gasteiger partial charge in [-0.25, -0.2) is 10.2 Å². The molecule has 7 heteroatoms. The van der Waals surface area contributed by atoms with Crippen molar-refractivity contribution in [3.05, 3.63) is 33.8 Å². The van der Waals surface area contributed by atoms with Crippen LogP contribution in [0.4, 0.5) is 4.79 Å². The van der Waals surface area contributed by atoms with Crippen LogP contribution in [0.15, 0.2) is 23.3 Å². The van der Waals surface area contributed by atoms with Crippen molar-refractivity contribution in [2.45, 2.75) is 6.42 Å². The zero-order chi connectivity index (χ0) is 12.8. The number of primary amides is 1. The van der Waals surface area contributed by atoms with Crippen LogP contribution in [-0.4, -0.2) is 18.0 Å². The summed E-state index contributed by atoms with van der Waals surface area (Å²) in [6, 6.07) is 3.79. The Hall–Kier alpha value is -1.59. The largest absolute Gasteiger partial charge is 0.350 e. The average molecular weight is 274 g/mol. The first-order chi connectivity index (χ1) is 8.00. The molecule has 1 rings (SSSR count). The molecule has 0 atom stereocenters. The van der Waals surface area contributed by atoms with E-state index in [0.29, 0.717) is 10.6 Å². The van der Waals surface area contributed by atoms with Gasteiger partial charge >= 0.3 is 6.03 Å². The highest BCUT2D eigenvalue weighted by molar-refractivity contribution is 6.37. The minimum Gasteiger partial charge on any atom is -0.350 e. The summed E-state index contributed by atoms with van der Waals surface area (Å²) in [6.45, 7) is 0. The minimum absolute atomic E-state index is 0.00162. The van der Waals surface area contributed by atoms with Gasteiger partial charge in [0.05, 0.1) is 5.02 Å². The summed E-state index contributed by atoms with van der Waals surface area (Å²) in [5.74, 6) is -0.235. The number of ketones is 1. The van der Waals surface area contributed by atoms with E-state index >= 15 is 0 Å². The van der Waals surface area contributed by atoms with Gasteiger partial charge in [0.25, 0.3) is 0 Å². The summed E-state index contributed by atoms with van der Waals surface area (Å²) in [6.07, 6.45) is 1.24. The number of hydrogen-bond acceptors (Lipinski definition) is 3. The van der Waals surface area contributed by atoms with Crippen LogP contribution in [0, 0.1) is 0 Å². The summed E-state index contributed by atoms with van der Waals surface area (Å²) in [7, 11) is 0. The third-order valence-corrected chi connectivity index (χ3v) is 2.32. The van der Waals surface area contributed by atoms with Crippen molar-refractivity contribution in [1.82, 2.24) is 5.43 Å². The second-order valence-corrected chi connectivity index (χ2v) is 3.88. The Bertz CT molecular complexity index is 475. The van der Waals surface area contributed by atoms with Crippen LogP contribution < -0.4 is 11.2 Å². The quantitative estimate of drug-likeness (QED) is 0.501. The molecule has 1 aromatic carbocycles. The predicted octanol–water partition coefficient (Wildman–Crippen LogP) is 2.22. The molecule has 0 aliphatic rings. The number of rotatable bonds is 4. The van der Waals surface area contributed by atoms with Crippen molar-refractivity contribution in [2.24, 2.45) is 10.8 Å². The molecule has 17 heavy (non-hydrogen) atoms. The van der Waals surface area contributed by atoms with Crippen molar-refractivity contribution in [2.75, 3.05) is 0 Å². The van der Waals surface area contributed by atoms with E-state index in [1.54, 1.807) is 6.07 Å². The van der Waals surface area contributed by atoms with Gasteiger partial charge in [0, 0.05) is 23.2 Å². The Labute approximate surface area is 108 Å². The molecular formula is C10H9Cl2N3O2. The van der Waals surface area contributed by atoms with Crippen molar-refractivity contribution < 1.29 is 9.59 Å². The van der Waals surface area contributed by atoms with Crippen LogP contribution in [0.25, 0.3) is 0 Å². The van der Waals surface area contributed by atoms with Gasteiger partial charge < -0.3 is 5.73 Å².